The Kier molecular flexibility index (Phi) is 5.49. The van der Waals surface area contributed by atoms with Crippen molar-refractivity contribution in [2.24, 2.45) is 11.7 Å². The summed E-state index contributed by atoms with van der Waals surface area (Å²) in [4.78, 5) is 15.4. The quantitative estimate of drug-likeness (QED) is 0.197. The highest BCUT2D eigenvalue weighted by atomic mass is 16.5. The highest BCUT2D eigenvalue weighted by Gasteiger charge is 2.29. The van der Waals surface area contributed by atoms with Crippen LogP contribution in [0.15, 0.2) is 54.7 Å². The molecule has 6 rings (SSSR count). The molecule has 2 aromatic heterocycles. The van der Waals surface area contributed by atoms with Gasteiger partial charge in [0.15, 0.2) is 5.88 Å². The molecular weight excluding hydrogens is 450 g/mol. The summed E-state index contributed by atoms with van der Waals surface area (Å²) < 4.78 is 7.89. The summed E-state index contributed by atoms with van der Waals surface area (Å²) in [5.74, 6) is 0.231. The molecule has 1 unspecified atom stereocenters. The van der Waals surface area contributed by atoms with Crippen molar-refractivity contribution in [3.8, 4) is 17.0 Å². The average Bonchev–Trinajstić information content (AvgIpc) is 3.53. The van der Waals surface area contributed by atoms with Gasteiger partial charge in [0.25, 0.3) is 0 Å². The van der Waals surface area contributed by atoms with Gasteiger partial charge in [-0.1, -0.05) is 56.3 Å². The van der Waals surface area contributed by atoms with Gasteiger partial charge in [0.05, 0.1) is 17.5 Å². The summed E-state index contributed by atoms with van der Waals surface area (Å²) in [6.07, 6.45) is 4.05. The van der Waals surface area contributed by atoms with Crippen molar-refractivity contribution in [1.29, 1.82) is 0 Å². The minimum atomic E-state index is -0.574. The maximum Gasteiger partial charge on any atom is 0.322 e. The van der Waals surface area contributed by atoms with Crippen LogP contribution in [0, 0.1) is 5.92 Å². The molecule has 0 saturated heterocycles. The number of rotatable bonds is 7. The third kappa shape index (κ3) is 3.47. The number of fused-ring (bicyclic) bond motifs is 10. The smallest absolute Gasteiger partial charge is 0.322 e. The van der Waals surface area contributed by atoms with E-state index in [1.165, 1.54) is 22.2 Å². The Hall–Kier alpha value is -3.77. The Balaban J connectivity index is 1.44. The maximum absolute atomic E-state index is 12.3. The van der Waals surface area contributed by atoms with Crippen molar-refractivity contribution in [3.63, 3.8) is 0 Å². The number of nitrogens with two attached hydrogens (primary N) is 1. The van der Waals surface area contributed by atoms with E-state index in [-0.39, 0.29) is 11.8 Å². The number of nitrogens with zero attached hydrogens (tertiary/aromatic N) is 1. The first-order valence-electron chi connectivity index (χ1n) is 12.7. The molecule has 6 heteroatoms. The lowest BCUT2D eigenvalue weighted by molar-refractivity contribution is -0.145. The monoisotopic (exact) mass is 481 g/mol. The molecule has 0 spiro atoms. The number of carbonyl (C=O) groups excluding carboxylic acids is 1. The Morgan fingerprint density at radius 2 is 1.89 bits per heavy atom. The van der Waals surface area contributed by atoms with Crippen LogP contribution in [0.4, 0.5) is 0 Å². The molecule has 3 aromatic carbocycles. The number of aromatic nitrogens is 2. The highest BCUT2D eigenvalue weighted by Crippen LogP contribution is 2.50. The number of aryl methyl sites for hydroxylation is 1. The van der Waals surface area contributed by atoms with E-state index in [1.807, 2.05) is 20.0 Å². The summed E-state index contributed by atoms with van der Waals surface area (Å²) in [6.45, 7) is 5.14. The number of para-hydroxylation sites is 1. The zero-order valence-electron chi connectivity index (χ0n) is 20.7. The van der Waals surface area contributed by atoms with Gasteiger partial charge in [0.1, 0.15) is 6.04 Å². The third-order valence-electron chi connectivity index (χ3n) is 7.39. The van der Waals surface area contributed by atoms with Crippen LogP contribution in [-0.2, 0) is 22.5 Å². The van der Waals surface area contributed by atoms with Crippen LogP contribution < -0.4 is 5.73 Å². The van der Waals surface area contributed by atoms with Gasteiger partial charge < -0.3 is 25.1 Å². The van der Waals surface area contributed by atoms with E-state index >= 15 is 0 Å². The summed E-state index contributed by atoms with van der Waals surface area (Å²) in [5.41, 5.74) is 13.1. The van der Waals surface area contributed by atoms with Gasteiger partial charge in [0.2, 0.25) is 0 Å². The van der Waals surface area contributed by atoms with E-state index in [1.54, 1.807) is 0 Å². The number of aromatic hydroxyl groups is 1. The molecule has 5 aromatic rings. The van der Waals surface area contributed by atoms with Crippen molar-refractivity contribution in [1.82, 2.24) is 9.55 Å². The number of esters is 1. The first-order valence-corrected chi connectivity index (χ1v) is 12.7. The van der Waals surface area contributed by atoms with Crippen molar-refractivity contribution in [3.05, 3.63) is 65.9 Å². The molecule has 1 aliphatic rings. The van der Waals surface area contributed by atoms with Gasteiger partial charge in [0, 0.05) is 46.4 Å². The zero-order valence-corrected chi connectivity index (χ0v) is 20.7. The second-order valence-corrected chi connectivity index (χ2v) is 10.3. The van der Waals surface area contributed by atoms with Crippen LogP contribution in [0.3, 0.4) is 0 Å². The normalized spacial score (nSPS) is 13.6. The molecular formula is C30H31N3O3. The molecule has 0 fully saturated rings. The Morgan fingerprint density at radius 1 is 1.11 bits per heavy atom. The molecule has 1 aliphatic carbocycles. The summed E-state index contributed by atoms with van der Waals surface area (Å²) in [6, 6.07) is 16.3. The van der Waals surface area contributed by atoms with Crippen LogP contribution in [0.1, 0.15) is 37.8 Å². The summed E-state index contributed by atoms with van der Waals surface area (Å²) in [7, 11) is 0. The number of H-pyrrole nitrogens is 1. The molecule has 36 heavy (non-hydrogen) atoms. The van der Waals surface area contributed by atoms with Gasteiger partial charge >= 0.3 is 5.97 Å². The van der Waals surface area contributed by atoms with E-state index in [9.17, 15) is 9.90 Å². The molecule has 0 saturated carbocycles. The van der Waals surface area contributed by atoms with Crippen LogP contribution in [-0.4, -0.2) is 33.3 Å². The van der Waals surface area contributed by atoms with Gasteiger partial charge in [-0.05, 0) is 41.5 Å². The van der Waals surface area contributed by atoms with Crippen LogP contribution in [0.25, 0.3) is 43.7 Å². The van der Waals surface area contributed by atoms with Crippen LogP contribution in [0.2, 0.25) is 0 Å². The van der Waals surface area contributed by atoms with Crippen molar-refractivity contribution < 1.29 is 14.6 Å². The van der Waals surface area contributed by atoms with Gasteiger partial charge in [-0.2, -0.15) is 0 Å². The molecule has 0 bridgehead atoms. The first kappa shape index (κ1) is 22.7. The maximum atomic E-state index is 12.3. The van der Waals surface area contributed by atoms with E-state index < -0.39 is 6.04 Å². The topological polar surface area (TPSA) is 93.3 Å². The Morgan fingerprint density at radius 3 is 2.72 bits per heavy atom. The van der Waals surface area contributed by atoms with E-state index in [0.717, 1.165) is 39.0 Å². The van der Waals surface area contributed by atoms with Crippen LogP contribution >= 0.6 is 0 Å². The number of hydrogen-bond acceptors (Lipinski definition) is 4. The number of ether oxygens (including phenoxy) is 1. The van der Waals surface area contributed by atoms with Gasteiger partial charge in [-0.15, -0.1) is 0 Å². The van der Waals surface area contributed by atoms with Crippen molar-refractivity contribution >= 4 is 38.5 Å². The first-order chi connectivity index (χ1) is 17.5. The second-order valence-electron chi connectivity index (χ2n) is 10.3. The lowest BCUT2D eigenvalue weighted by Crippen LogP contribution is -2.33. The zero-order chi connectivity index (χ0) is 25.0. The predicted molar refractivity (Wildman–Crippen MR) is 144 cm³/mol. The fraction of sp³-hybridized carbons (Fsp3) is 0.300. The van der Waals surface area contributed by atoms with Gasteiger partial charge in [-0.25, -0.2) is 0 Å². The molecule has 2 heterocycles. The second kappa shape index (κ2) is 8.71. The number of nitrogens with one attached hydrogen (secondary N) is 1. The molecule has 6 nitrogen and oxygen atoms in total. The number of benzene rings is 3. The minimum absolute atomic E-state index is 0.210. The molecule has 0 amide bonds. The van der Waals surface area contributed by atoms with E-state index in [4.69, 9.17) is 10.5 Å². The van der Waals surface area contributed by atoms with Gasteiger partial charge in [-0.3, -0.25) is 4.79 Å². The summed E-state index contributed by atoms with van der Waals surface area (Å²) in [5, 5.41) is 15.1. The molecule has 0 aliphatic heterocycles. The summed E-state index contributed by atoms with van der Waals surface area (Å²) >= 11 is 0. The largest absolute Gasteiger partial charge is 0.494 e. The van der Waals surface area contributed by atoms with Crippen molar-refractivity contribution in [2.45, 2.75) is 45.7 Å². The highest BCUT2D eigenvalue weighted by molar-refractivity contribution is 6.26. The predicted octanol–water partition coefficient (Wildman–Crippen LogP) is 5.86. The fourth-order valence-corrected chi connectivity index (χ4v) is 5.94. The van der Waals surface area contributed by atoms with E-state index in [2.05, 4.69) is 58.1 Å². The molecule has 0 radical (unpaired) electrons. The van der Waals surface area contributed by atoms with Crippen molar-refractivity contribution in [2.75, 3.05) is 6.61 Å². The number of carbonyl (C=O) groups is 1. The lowest BCUT2D eigenvalue weighted by atomic mass is 9.96. The van der Waals surface area contributed by atoms with Crippen LogP contribution in [0.5, 0.6) is 5.88 Å². The molecule has 184 valence electrons. The average molecular weight is 482 g/mol. The molecule has 4 N–H and O–H groups in total. The Labute approximate surface area is 209 Å². The standard InChI is InChI=1S/C30H31N3O3/c1-17(2)14-23(31)30(35)36-13-7-12-33-24-11-6-5-10-20(24)26-22-16-32-29(34)27(22)25-19-9-4-3-8-18(19)15-21(25)28(26)33/h3-6,8-11,16-17,23,32,34H,7,12-15,31H2,1-2H3. The fourth-order valence-electron chi connectivity index (χ4n) is 5.94. The number of hydrogen-bond donors (Lipinski definition) is 3. The minimum Gasteiger partial charge on any atom is -0.494 e. The van der Waals surface area contributed by atoms with E-state index in [0.29, 0.717) is 31.9 Å². The third-order valence-corrected chi connectivity index (χ3v) is 7.39. The number of aromatic amines is 1. The molecule has 1 atom stereocenters. The Bertz CT molecular complexity index is 1630. The lowest BCUT2D eigenvalue weighted by Gasteiger charge is -2.15. The SMILES string of the molecule is CC(C)CC(N)C(=O)OCCCn1c2ccccc2c2c3c[nH]c(O)c3c3c(c21)Cc1ccccc1-3.